The third-order valence-electron chi connectivity index (χ3n) is 5.00. The van der Waals surface area contributed by atoms with Gasteiger partial charge < -0.3 is 14.7 Å². The molecule has 1 aliphatic heterocycles. The van der Waals surface area contributed by atoms with Crippen molar-refractivity contribution in [1.82, 2.24) is 15.3 Å². The zero-order valence-corrected chi connectivity index (χ0v) is 14.7. The van der Waals surface area contributed by atoms with Gasteiger partial charge in [-0.2, -0.15) is 0 Å². The summed E-state index contributed by atoms with van der Waals surface area (Å²) in [6, 6.07) is 9.74. The molecule has 3 heterocycles. The van der Waals surface area contributed by atoms with Crippen molar-refractivity contribution < 1.29 is 18.7 Å². The summed E-state index contributed by atoms with van der Waals surface area (Å²) in [5.74, 6) is -0.698. The highest BCUT2D eigenvalue weighted by molar-refractivity contribution is 6.50. The zero-order valence-electron chi connectivity index (χ0n) is 14.7. The molecule has 0 aliphatic carbocycles. The second-order valence-corrected chi connectivity index (χ2v) is 6.54. The first kappa shape index (κ1) is 16.3. The molecule has 0 saturated carbocycles. The lowest BCUT2D eigenvalue weighted by Gasteiger charge is -2.04. The number of halogens is 1. The zero-order chi connectivity index (χ0) is 19.4. The number of carbonyl (C=O) groups excluding carboxylic acids is 2. The number of aromatic nitrogens is 2. The van der Waals surface area contributed by atoms with E-state index in [0.29, 0.717) is 27.8 Å². The standard InChI is InChI=1S/C21H14FN3O3/c1-28-11-3-5-16-13(7-11)15(9-23-16)19-18(20(26)25-21(19)27)14-8-24-17-6-10(22)2-4-12(14)17/h2-9,23-24H,1H3,(H,25,26,27). The van der Waals surface area contributed by atoms with Crippen molar-refractivity contribution in [3.8, 4) is 5.75 Å². The molecule has 4 aromatic rings. The quantitative estimate of drug-likeness (QED) is 0.480. The molecule has 2 amide bonds. The number of rotatable bonds is 3. The van der Waals surface area contributed by atoms with Crippen LogP contribution in [0, 0.1) is 5.82 Å². The Hall–Kier alpha value is -3.87. The fraction of sp³-hybridized carbons (Fsp3) is 0.0476. The number of methoxy groups -OCH3 is 1. The fourth-order valence-corrected chi connectivity index (χ4v) is 3.71. The van der Waals surface area contributed by atoms with E-state index >= 15 is 0 Å². The van der Waals surface area contributed by atoms with Gasteiger partial charge in [0.2, 0.25) is 0 Å². The Balaban J connectivity index is 1.81. The number of hydrogen-bond donors (Lipinski definition) is 3. The molecule has 0 unspecified atom stereocenters. The number of hydrogen-bond acceptors (Lipinski definition) is 3. The maximum absolute atomic E-state index is 13.5. The number of amides is 2. The third-order valence-corrected chi connectivity index (χ3v) is 5.00. The lowest BCUT2D eigenvalue weighted by Crippen LogP contribution is -2.22. The Morgan fingerprint density at radius 2 is 1.50 bits per heavy atom. The fourth-order valence-electron chi connectivity index (χ4n) is 3.71. The van der Waals surface area contributed by atoms with E-state index in [1.165, 1.54) is 12.1 Å². The van der Waals surface area contributed by atoms with E-state index in [2.05, 4.69) is 15.3 Å². The van der Waals surface area contributed by atoms with Gasteiger partial charge in [0.15, 0.2) is 0 Å². The van der Waals surface area contributed by atoms with Crippen molar-refractivity contribution in [3.05, 3.63) is 65.7 Å². The van der Waals surface area contributed by atoms with Gasteiger partial charge in [0.05, 0.1) is 18.3 Å². The van der Waals surface area contributed by atoms with Gasteiger partial charge >= 0.3 is 0 Å². The highest BCUT2D eigenvalue weighted by atomic mass is 19.1. The van der Waals surface area contributed by atoms with Crippen LogP contribution in [0.4, 0.5) is 4.39 Å². The molecular weight excluding hydrogens is 361 g/mol. The van der Waals surface area contributed by atoms with E-state index in [1.54, 1.807) is 25.6 Å². The molecule has 3 N–H and O–H groups in total. The Kier molecular flexibility index (Phi) is 3.39. The SMILES string of the molecule is COc1ccc2[nH]cc(C3=C(c4c[nH]c5cc(F)ccc45)C(=O)NC3=O)c2c1. The number of fused-ring (bicyclic) bond motifs is 2. The van der Waals surface area contributed by atoms with Crippen LogP contribution in [0.15, 0.2) is 48.8 Å². The minimum atomic E-state index is -0.484. The van der Waals surface area contributed by atoms with Gasteiger partial charge in [-0.15, -0.1) is 0 Å². The summed E-state index contributed by atoms with van der Waals surface area (Å²) in [4.78, 5) is 31.4. The lowest BCUT2D eigenvalue weighted by atomic mass is 9.95. The van der Waals surface area contributed by atoms with Crippen molar-refractivity contribution in [3.63, 3.8) is 0 Å². The highest BCUT2D eigenvalue weighted by Gasteiger charge is 2.34. The van der Waals surface area contributed by atoms with Gasteiger partial charge in [-0.05, 0) is 36.4 Å². The molecular formula is C21H14FN3O3. The van der Waals surface area contributed by atoms with Crippen molar-refractivity contribution in [1.29, 1.82) is 0 Å². The molecule has 0 bridgehead atoms. The smallest absolute Gasteiger partial charge is 0.259 e. The predicted molar refractivity (Wildman–Crippen MR) is 103 cm³/mol. The summed E-state index contributed by atoms with van der Waals surface area (Å²) < 4.78 is 18.8. The number of carbonyl (C=O) groups is 2. The maximum Gasteiger partial charge on any atom is 0.259 e. The second-order valence-electron chi connectivity index (χ2n) is 6.54. The van der Waals surface area contributed by atoms with Crippen LogP contribution in [0.3, 0.4) is 0 Å². The van der Waals surface area contributed by atoms with E-state index in [0.717, 1.165) is 10.9 Å². The van der Waals surface area contributed by atoms with E-state index in [4.69, 9.17) is 4.74 Å². The number of imide groups is 1. The van der Waals surface area contributed by atoms with Gasteiger partial charge in [0, 0.05) is 45.3 Å². The topological polar surface area (TPSA) is 87.0 Å². The minimum Gasteiger partial charge on any atom is -0.497 e. The van der Waals surface area contributed by atoms with Crippen LogP contribution in [0.2, 0.25) is 0 Å². The minimum absolute atomic E-state index is 0.256. The largest absolute Gasteiger partial charge is 0.497 e. The normalized spacial score (nSPS) is 14.4. The highest BCUT2D eigenvalue weighted by Crippen LogP contribution is 2.38. The first-order valence-corrected chi connectivity index (χ1v) is 8.59. The molecule has 0 atom stereocenters. The number of benzene rings is 2. The Labute approximate surface area is 158 Å². The van der Waals surface area contributed by atoms with Crippen molar-refractivity contribution in [2.75, 3.05) is 7.11 Å². The first-order chi connectivity index (χ1) is 13.6. The van der Waals surface area contributed by atoms with Crippen LogP contribution in [0.25, 0.3) is 33.0 Å². The average Bonchev–Trinajstić information content (AvgIpc) is 3.35. The van der Waals surface area contributed by atoms with E-state index in [9.17, 15) is 14.0 Å². The van der Waals surface area contributed by atoms with Crippen molar-refractivity contribution >= 4 is 44.8 Å². The average molecular weight is 375 g/mol. The molecule has 7 heteroatoms. The van der Waals surface area contributed by atoms with Crippen molar-refractivity contribution in [2.24, 2.45) is 0 Å². The van der Waals surface area contributed by atoms with Crippen LogP contribution in [0.5, 0.6) is 5.75 Å². The molecule has 5 rings (SSSR count). The maximum atomic E-state index is 13.5. The Bertz CT molecular complexity index is 1330. The summed E-state index contributed by atoms with van der Waals surface area (Å²) in [5.41, 5.74) is 3.04. The predicted octanol–water partition coefficient (Wildman–Crippen LogP) is 3.36. The van der Waals surface area contributed by atoms with Crippen LogP contribution >= 0.6 is 0 Å². The van der Waals surface area contributed by atoms with Crippen LogP contribution in [-0.4, -0.2) is 28.9 Å². The van der Waals surface area contributed by atoms with E-state index in [-0.39, 0.29) is 17.0 Å². The summed E-state index contributed by atoms with van der Waals surface area (Å²) in [5, 5.41) is 3.81. The summed E-state index contributed by atoms with van der Waals surface area (Å²) in [6.07, 6.45) is 3.32. The Morgan fingerprint density at radius 3 is 2.21 bits per heavy atom. The van der Waals surface area contributed by atoms with Gasteiger partial charge in [-0.1, -0.05) is 0 Å². The monoisotopic (exact) mass is 375 g/mol. The first-order valence-electron chi connectivity index (χ1n) is 8.59. The second kappa shape index (κ2) is 5.82. The number of ether oxygens (including phenoxy) is 1. The number of aromatic amines is 2. The molecule has 0 saturated heterocycles. The van der Waals surface area contributed by atoms with Crippen molar-refractivity contribution in [2.45, 2.75) is 0 Å². The molecule has 0 fully saturated rings. The summed E-state index contributed by atoms with van der Waals surface area (Å²) in [7, 11) is 1.56. The summed E-state index contributed by atoms with van der Waals surface area (Å²) in [6.45, 7) is 0. The lowest BCUT2D eigenvalue weighted by molar-refractivity contribution is -0.122. The molecule has 2 aromatic carbocycles. The number of H-pyrrole nitrogens is 2. The van der Waals surface area contributed by atoms with Crippen LogP contribution < -0.4 is 10.1 Å². The molecule has 138 valence electrons. The third kappa shape index (κ3) is 2.26. The molecule has 2 aromatic heterocycles. The van der Waals surface area contributed by atoms with E-state index in [1.807, 2.05) is 18.2 Å². The number of nitrogens with one attached hydrogen (secondary N) is 3. The van der Waals surface area contributed by atoms with E-state index < -0.39 is 11.8 Å². The molecule has 28 heavy (non-hydrogen) atoms. The molecule has 0 spiro atoms. The van der Waals surface area contributed by atoms with Gasteiger partial charge in [-0.3, -0.25) is 14.9 Å². The van der Waals surface area contributed by atoms with Gasteiger partial charge in [-0.25, -0.2) is 4.39 Å². The molecule has 1 aliphatic rings. The molecule has 0 radical (unpaired) electrons. The van der Waals surface area contributed by atoms with Crippen LogP contribution in [-0.2, 0) is 9.59 Å². The Morgan fingerprint density at radius 1 is 0.821 bits per heavy atom. The molecule has 6 nitrogen and oxygen atoms in total. The van der Waals surface area contributed by atoms with Gasteiger partial charge in [0.25, 0.3) is 11.8 Å². The summed E-state index contributed by atoms with van der Waals surface area (Å²) >= 11 is 0. The van der Waals surface area contributed by atoms with Crippen LogP contribution in [0.1, 0.15) is 11.1 Å². The van der Waals surface area contributed by atoms with Gasteiger partial charge in [0.1, 0.15) is 11.6 Å².